The van der Waals surface area contributed by atoms with E-state index in [1.807, 2.05) is 5.38 Å². The SMILES string of the molecule is CCC[C@@H]1CN(c2nc(-c3ccc(F)cc3)cs2)C[C@H]1N. The maximum atomic E-state index is 13.0. The van der Waals surface area contributed by atoms with E-state index in [0.29, 0.717) is 5.92 Å². The highest BCUT2D eigenvalue weighted by atomic mass is 32.1. The van der Waals surface area contributed by atoms with E-state index >= 15 is 0 Å². The Labute approximate surface area is 128 Å². The summed E-state index contributed by atoms with van der Waals surface area (Å²) in [6.07, 6.45) is 2.35. The third-order valence-electron chi connectivity index (χ3n) is 4.05. The normalized spacial score (nSPS) is 22.0. The monoisotopic (exact) mass is 305 g/mol. The van der Waals surface area contributed by atoms with Crippen LogP contribution in [0.4, 0.5) is 9.52 Å². The molecular formula is C16H20FN3S. The summed E-state index contributed by atoms with van der Waals surface area (Å²) in [7, 11) is 0. The van der Waals surface area contributed by atoms with Gasteiger partial charge in [-0.2, -0.15) is 0 Å². The number of benzene rings is 1. The molecule has 21 heavy (non-hydrogen) atoms. The maximum Gasteiger partial charge on any atom is 0.185 e. The van der Waals surface area contributed by atoms with E-state index in [-0.39, 0.29) is 11.9 Å². The van der Waals surface area contributed by atoms with E-state index in [9.17, 15) is 4.39 Å². The number of nitrogens with two attached hydrogens (primary N) is 1. The lowest BCUT2D eigenvalue weighted by atomic mass is 9.99. The molecule has 1 fully saturated rings. The van der Waals surface area contributed by atoms with Gasteiger partial charge in [0.1, 0.15) is 5.82 Å². The molecule has 0 unspecified atom stereocenters. The molecule has 1 aromatic heterocycles. The lowest BCUT2D eigenvalue weighted by Gasteiger charge is -2.14. The van der Waals surface area contributed by atoms with Crippen LogP contribution in [0.3, 0.4) is 0 Å². The minimum Gasteiger partial charge on any atom is -0.346 e. The van der Waals surface area contributed by atoms with Gasteiger partial charge in [0.2, 0.25) is 0 Å². The Balaban J connectivity index is 1.75. The summed E-state index contributed by atoms with van der Waals surface area (Å²) >= 11 is 1.63. The highest BCUT2D eigenvalue weighted by Crippen LogP contribution is 2.31. The second-order valence-electron chi connectivity index (χ2n) is 5.64. The lowest BCUT2D eigenvalue weighted by Crippen LogP contribution is -2.29. The molecule has 2 aromatic rings. The van der Waals surface area contributed by atoms with Gasteiger partial charge in [0, 0.05) is 30.1 Å². The Morgan fingerprint density at radius 2 is 2.10 bits per heavy atom. The van der Waals surface area contributed by atoms with Gasteiger partial charge in [-0.05, 0) is 36.6 Å². The molecule has 2 N–H and O–H groups in total. The molecule has 1 saturated heterocycles. The third kappa shape index (κ3) is 3.09. The van der Waals surface area contributed by atoms with Crippen LogP contribution in [0.1, 0.15) is 19.8 Å². The molecule has 3 nitrogen and oxygen atoms in total. The second kappa shape index (κ2) is 6.12. The Morgan fingerprint density at radius 1 is 1.33 bits per heavy atom. The van der Waals surface area contributed by atoms with Crippen molar-refractivity contribution in [2.45, 2.75) is 25.8 Å². The zero-order valence-electron chi connectivity index (χ0n) is 12.1. The summed E-state index contributed by atoms with van der Waals surface area (Å²) < 4.78 is 13.0. The molecular weight excluding hydrogens is 285 g/mol. The first-order valence-corrected chi connectivity index (χ1v) is 8.27. The molecule has 0 spiro atoms. The molecule has 1 aliphatic rings. The second-order valence-corrected chi connectivity index (χ2v) is 6.48. The standard InChI is InChI=1S/C16H20FN3S/c1-2-3-12-8-20(9-14(12)18)16-19-15(10-21-16)11-4-6-13(17)7-5-11/h4-7,10,12,14H,2-3,8-9,18H2,1H3/t12-,14-/m1/s1. The first-order valence-electron chi connectivity index (χ1n) is 7.39. The third-order valence-corrected chi connectivity index (χ3v) is 4.96. The minimum absolute atomic E-state index is 0.220. The summed E-state index contributed by atoms with van der Waals surface area (Å²) in [6, 6.07) is 6.71. The van der Waals surface area contributed by atoms with Crippen LogP contribution in [0.2, 0.25) is 0 Å². The zero-order valence-corrected chi connectivity index (χ0v) is 12.9. The molecule has 0 saturated carbocycles. The number of anilines is 1. The molecule has 112 valence electrons. The van der Waals surface area contributed by atoms with Crippen molar-refractivity contribution in [1.82, 2.24) is 4.98 Å². The van der Waals surface area contributed by atoms with Gasteiger partial charge in [0.25, 0.3) is 0 Å². The van der Waals surface area contributed by atoms with Crippen molar-refractivity contribution in [1.29, 1.82) is 0 Å². The fourth-order valence-corrected chi connectivity index (χ4v) is 3.75. The Hall–Kier alpha value is -1.46. The van der Waals surface area contributed by atoms with Crippen LogP contribution in [0.15, 0.2) is 29.6 Å². The van der Waals surface area contributed by atoms with E-state index in [1.165, 1.54) is 25.0 Å². The van der Waals surface area contributed by atoms with Crippen molar-refractivity contribution < 1.29 is 4.39 Å². The van der Waals surface area contributed by atoms with Crippen molar-refractivity contribution in [2.75, 3.05) is 18.0 Å². The molecule has 2 atom stereocenters. The number of aromatic nitrogens is 1. The minimum atomic E-state index is -0.220. The van der Waals surface area contributed by atoms with Crippen molar-refractivity contribution in [3.05, 3.63) is 35.5 Å². The molecule has 3 rings (SSSR count). The van der Waals surface area contributed by atoms with Gasteiger partial charge in [-0.3, -0.25) is 0 Å². The molecule has 0 amide bonds. The summed E-state index contributed by atoms with van der Waals surface area (Å²) in [6.45, 7) is 4.07. The van der Waals surface area contributed by atoms with Gasteiger partial charge in [-0.1, -0.05) is 13.3 Å². The van der Waals surface area contributed by atoms with E-state index in [2.05, 4.69) is 16.8 Å². The van der Waals surface area contributed by atoms with Crippen LogP contribution in [0.5, 0.6) is 0 Å². The van der Waals surface area contributed by atoms with Gasteiger partial charge < -0.3 is 10.6 Å². The van der Waals surface area contributed by atoms with Crippen molar-refractivity contribution >= 4 is 16.5 Å². The van der Waals surface area contributed by atoms with E-state index < -0.39 is 0 Å². The van der Waals surface area contributed by atoms with Gasteiger partial charge in [0.05, 0.1) is 5.69 Å². The first kappa shape index (κ1) is 14.5. The number of halogens is 1. The molecule has 0 radical (unpaired) electrons. The lowest BCUT2D eigenvalue weighted by molar-refractivity contribution is 0.472. The van der Waals surface area contributed by atoms with Crippen molar-refractivity contribution in [2.24, 2.45) is 11.7 Å². The molecule has 1 aliphatic heterocycles. The van der Waals surface area contributed by atoms with Crippen molar-refractivity contribution in [3.63, 3.8) is 0 Å². The summed E-state index contributed by atoms with van der Waals surface area (Å²) in [5.41, 5.74) is 8.08. The van der Waals surface area contributed by atoms with Crippen LogP contribution in [0.25, 0.3) is 11.3 Å². The van der Waals surface area contributed by atoms with Crippen LogP contribution in [-0.2, 0) is 0 Å². The first-order chi connectivity index (χ1) is 10.2. The average molecular weight is 305 g/mol. The average Bonchev–Trinajstić information content (AvgIpc) is 3.08. The maximum absolute atomic E-state index is 13.0. The largest absolute Gasteiger partial charge is 0.346 e. The van der Waals surface area contributed by atoms with Crippen LogP contribution >= 0.6 is 11.3 Å². The molecule has 0 bridgehead atoms. The van der Waals surface area contributed by atoms with Crippen molar-refractivity contribution in [3.8, 4) is 11.3 Å². The number of rotatable bonds is 4. The zero-order chi connectivity index (χ0) is 14.8. The number of hydrogen-bond acceptors (Lipinski definition) is 4. The highest BCUT2D eigenvalue weighted by molar-refractivity contribution is 7.14. The van der Waals surface area contributed by atoms with Crippen LogP contribution in [0, 0.1) is 11.7 Å². The van der Waals surface area contributed by atoms with Crippen LogP contribution in [-0.4, -0.2) is 24.1 Å². The summed E-state index contributed by atoms with van der Waals surface area (Å²) in [5, 5.41) is 3.05. The predicted octanol–water partition coefficient (Wildman–Crippen LogP) is 3.51. The van der Waals surface area contributed by atoms with Gasteiger partial charge in [0.15, 0.2) is 5.13 Å². The van der Waals surface area contributed by atoms with Crippen LogP contribution < -0.4 is 10.6 Å². The van der Waals surface area contributed by atoms with Gasteiger partial charge in [-0.25, -0.2) is 9.37 Å². The quantitative estimate of drug-likeness (QED) is 0.940. The number of thiazole rings is 1. The summed E-state index contributed by atoms with van der Waals surface area (Å²) in [4.78, 5) is 6.97. The Morgan fingerprint density at radius 3 is 2.81 bits per heavy atom. The van der Waals surface area contributed by atoms with Gasteiger partial charge in [-0.15, -0.1) is 11.3 Å². The highest BCUT2D eigenvalue weighted by Gasteiger charge is 2.30. The molecule has 1 aromatic carbocycles. The summed E-state index contributed by atoms with van der Waals surface area (Å²) in [5.74, 6) is 0.343. The predicted molar refractivity (Wildman–Crippen MR) is 86.1 cm³/mol. The van der Waals surface area contributed by atoms with E-state index in [4.69, 9.17) is 5.73 Å². The smallest absolute Gasteiger partial charge is 0.185 e. The fraction of sp³-hybridized carbons (Fsp3) is 0.438. The Bertz CT molecular complexity index is 596. The number of hydrogen-bond donors (Lipinski definition) is 1. The fourth-order valence-electron chi connectivity index (χ4n) is 2.89. The van der Waals surface area contributed by atoms with E-state index in [1.54, 1.807) is 23.5 Å². The molecule has 2 heterocycles. The van der Waals surface area contributed by atoms with E-state index in [0.717, 1.165) is 29.5 Å². The molecule has 5 heteroatoms. The topological polar surface area (TPSA) is 42.2 Å². The van der Waals surface area contributed by atoms with Gasteiger partial charge >= 0.3 is 0 Å². The Kier molecular flexibility index (Phi) is 4.22. The number of nitrogens with zero attached hydrogens (tertiary/aromatic N) is 2. The molecule has 0 aliphatic carbocycles.